The van der Waals surface area contributed by atoms with Crippen LogP contribution in [0.5, 0.6) is 5.75 Å². The number of ether oxygens (including phenoxy) is 1. The summed E-state index contributed by atoms with van der Waals surface area (Å²) in [4.78, 5) is 0. The lowest BCUT2D eigenvalue weighted by Crippen LogP contribution is -2.51. The molecule has 0 bridgehead atoms. The minimum Gasteiger partial charge on any atom is -0.497 e. The number of aliphatic hydroxyl groups is 1. The van der Waals surface area contributed by atoms with E-state index in [2.05, 4.69) is 32.0 Å². The zero-order chi connectivity index (χ0) is 17.1. The van der Waals surface area contributed by atoms with E-state index in [0.717, 1.165) is 31.4 Å². The number of hydrogen-bond acceptors (Lipinski definition) is 2. The monoisotopic (exact) mass is 332 g/mol. The SMILES string of the molecule is COc1ccc2c(c1)C[C@@H](C)[C@@H]1[C@@H]2CC[C@@]2(C)[C@@H]1CC[C@]2(F)CO. The summed E-state index contributed by atoms with van der Waals surface area (Å²) >= 11 is 0. The standard InChI is InChI=1S/C21H29FO2/c1-13-10-14-11-15(24-3)4-5-16(14)17-6-8-20(2)18(19(13)17)7-9-21(20,22)12-23/h4-5,11,13,17-19,23H,6-10,12H2,1-3H3/t13-,17-,18-,19-,20+,21+/m1/s1. The van der Waals surface area contributed by atoms with Crippen LogP contribution in [0.1, 0.15) is 56.6 Å². The molecule has 2 fully saturated rings. The van der Waals surface area contributed by atoms with Gasteiger partial charge in [0.25, 0.3) is 0 Å². The fourth-order valence-electron chi connectivity index (χ4n) is 6.42. The first-order chi connectivity index (χ1) is 11.4. The molecule has 3 heteroatoms. The van der Waals surface area contributed by atoms with Gasteiger partial charge in [0.1, 0.15) is 11.4 Å². The zero-order valence-corrected chi connectivity index (χ0v) is 15.0. The fourth-order valence-corrected chi connectivity index (χ4v) is 6.42. The molecule has 3 aliphatic carbocycles. The van der Waals surface area contributed by atoms with Crippen molar-refractivity contribution in [2.45, 2.75) is 57.5 Å². The van der Waals surface area contributed by atoms with Crippen LogP contribution < -0.4 is 4.74 Å². The van der Waals surface area contributed by atoms with E-state index >= 15 is 4.39 Å². The summed E-state index contributed by atoms with van der Waals surface area (Å²) in [5, 5.41) is 9.72. The molecule has 2 nitrogen and oxygen atoms in total. The highest BCUT2D eigenvalue weighted by atomic mass is 19.1. The lowest BCUT2D eigenvalue weighted by atomic mass is 9.51. The molecule has 0 radical (unpaired) electrons. The first-order valence-electron chi connectivity index (χ1n) is 9.40. The van der Waals surface area contributed by atoms with Gasteiger partial charge in [-0.2, -0.15) is 0 Å². The van der Waals surface area contributed by atoms with Gasteiger partial charge in [-0.3, -0.25) is 0 Å². The van der Waals surface area contributed by atoms with Gasteiger partial charge in [0, 0.05) is 5.41 Å². The van der Waals surface area contributed by atoms with Crippen LogP contribution in [0.3, 0.4) is 0 Å². The highest BCUT2D eigenvalue weighted by molar-refractivity contribution is 5.41. The molecule has 24 heavy (non-hydrogen) atoms. The molecule has 132 valence electrons. The predicted molar refractivity (Wildman–Crippen MR) is 93.1 cm³/mol. The van der Waals surface area contributed by atoms with Crippen molar-refractivity contribution in [3.05, 3.63) is 29.3 Å². The van der Waals surface area contributed by atoms with Crippen molar-refractivity contribution in [3.63, 3.8) is 0 Å². The minimum absolute atomic E-state index is 0.320. The second-order valence-electron chi connectivity index (χ2n) is 8.65. The maximum absolute atomic E-state index is 15.4. The highest BCUT2D eigenvalue weighted by Crippen LogP contribution is 2.66. The van der Waals surface area contributed by atoms with E-state index in [9.17, 15) is 5.11 Å². The van der Waals surface area contributed by atoms with Crippen molar-refractivity contribution in [2.75, 3.05) is 13.7 Å². The molecule has 0 aliphatic heterocycles. The van der Waals surface area contributed by atoms with Gasteiger partial charge < -0.3 is 9.84 Å². The summed E-state index contributed by atoms with van der Waals surface area (Å²) in [7, 11) is 1.72. The molecule has 3 aliphatic rings. The van der Waals surface area contributed by atoms with Crippen LogP contribution in [0.25, 0.3) is 0 Å². The molecule has 6 atom stereocenters. The van der Waals surface area contributed by atoms with Crippen molar-refractivity contribution >= 4 is 0 Å². The lowest BCUT2D eigenvalue weighted by molar-refractivity contribution is -0.0833. The third-order valence-corrected chi connectivity index (χ3v) is 7.80. The molecule has 0 spiro atoms. The van der Waals surface area contributed by atoms with E-state index in [-0.39, 0.29) is 12.0 Å². The van der Waals surface area contributed by atoms with Crippen molar-refractivity contribution in [1.29, 1.82) is 0 Å². The van der Waals surface area contributed by atoms with Gasteiger partial charge in [0.15, 0.2) is 0 Å². The largest absolute Gasteiger partial charge is 0.497 e. The molecule has 1 aromatic carbocycles. The first kappa shape index (κ1) is 16.4. The highest BCUT2D eigenvalue weighted by Gasteiger charge is 2.63. The Labute approximate surface area is 144 Å². The first-order valence-corrected chi connectivity index (χ1v) is 9.40. The topological polar surface area (TPSA) is 29.5 Å². The maximum atomic E-state index is 15.4. The van der Waals surface area contributed by atoms with E-state index in [1.165, 1.54) is 11.1 Å². The Morgan fingerprint density at radius 3 is 2.79 bits per heavy atom. The Morgan fingerprint density at radius 2 is 2.08 bits per heavy atom. The Balaban J connectivity index is 1.73. The lowest BCUT2D eigenvalue weighted by Gasteiger charge is -2.54. The number of halogens is 1. The summed E-state index contributed by atoms with van der Waals surface area (Å²) in [5.41, 5.74) is 1.13. The van der Waals surface area contributed by atoms with Gasteiger partial charge in [-0.25, -0.2) is 4.39 Å². The number of methoxy groups -OCH3 is 1. The molecule has 0 heterocycles. The van der Waals surface area contributed by atoms with Crippen LogP contribution in [-0.2, 0) is 6.42 Å². The molecule has 2 saturated carbocycles. The summed E-state index contributed by atoms with van der Waals surface area (Å²) in [5.74, 6) is 2.95. The summed E-state index contributed by atoms with van der Waals surface area (Å²) in [6, 6.07) is 6.50. The van der Waals surface area contributed by atoms with E-state index in [0.29, 0.717) is 30.1 Å². The molecule has 0 aromatic heterocycles. The van der Waals surface area contributed by atoms with Gasteiger partial charge in [-0.05, 0) is 79.0 Å². The van der Waals surface area contributed by atoms with Crippen molar-refractivity contribution in [2.24, 2.45) is 23.2 Å². The molecule has 1 N–H and O–H groups in total. The van der Waals surface area contributed by atoms with E-state index in [1.807, 2.05) is 0 Å². The van der Waals surface area contributed by atoms with Crippen molar-refractivity contribution in [1.82, 2.24) is 0 Å². The second-order valence-corrected chi connectivity index (χ2v) is 8.65. The zero-order valence-electron chi connectivity index (χ0n) is 15.0. The Bertz CT molecular complexity index is 645. The number of aliphatic hydroxyl groups excluding tert-OH is 1. The number of rotatable bonds is 2. The van der Waals surface area contributed by atoms with Gasteiger partial charge in [-0.1, -0.05) is 19.9 Å². The maximum Gasteiger partial charge on any atom is 0.139 e. The van der Waals surface area contributed by atoms with Gasteiger partial charge in [0.2, 0.25) is 0 Å². The van der Waals surface area contributed by atoms with Crippen LogP contribution in [0, 0.1) is 23.2 Å². The number of alkyl halides is 1. The molecular formula is C21H29FO2. The van der Waals surface area contributed by atoms with Gasteiger partial charge in [-0.15, -0.1) is 0 Å². The molecule has 1 aromatic rings. The van der Waals surface area contributed by atoms with Crippen LogP contribution in [-0.4, -0.2) is 24.5 Å². The molecule has 0 amide bonds. The molecule has 4 rings (SSSR count). The smallest absolute Gasteiger partial charge is 0.139 e. The predicted octanol–water partition coefficient (Wildman–Crippen LogP) is 4.50. The Morgan fingerprint density at radius 1 is 1.29 bits per heavy atom. The third-order valence-electron chi connectivity index (χ3n) is 7.80. The molecule has 0 saturated heterocycles. The fraction of sp³-hybridized carbons (Fsp3) is 0.714. The second kappa shape index (κ2) is 5.45. The van der Waals surface area contributed by atoms with Crippen LogP contribution in [0.2, 0.25) is 0 Å². The Kier molecular flexibility index (Phi) is 3.72. The summed E-state index contributed by atoms with van der Waals surface area (Å²) in [6.45, 7) is 4.12. The number of hydrogen-bond donors (Lipinski definition) is 1. The quantitative estimate of drug-likeness (QED) is 0.864. The summed E-state index contributed by atoms with van der Waals surface area (Å²) < 4.78 is 20.8. The van der Waals surface area contributed by atoms with Gasteiger partial charge >= 0.3 is 0 Å². The van der Waals surface area contributed by atoms with Crippen molar-refractivity contribution < 1.29 is 14.2 Å². The molecular weight excluding hydrogens is 303 g/mol. The summed E-state index contributed by atoms with van der Waals surface area (Å²) in [6.07, 6.45) is 4.42. The number of benzene rings is 1. The molecule has 0 unspecified atom stereocenters. The average Bonchev–Trinajstić information content (AvgIpc) is 2.86. The van der Waals surface area contributed by atoms with Crippen LogP contribution in [0.4, 0.5) is 4.39 Å². The van der Waals surface area contributed by atoms with Crippen molar-refractivity contribution in [3.8, 4) is 5.75 Å². The van der Waals surface area contributed by atoms with E-state index < -0.39 is 5.67 Å². The Hall–Kier alpha value is -1.09. The average molecular weight is 332 g/mol. The van der Waals surface area contributed by atoms with Crippen LogP contribution in [0.15, 0.2) is 18.2 Å². The minimum atomic E-state index is -1.39. The number of fused-ring (bicyclic) bond motifs is 5. The third kappa shape index (κ3) is 2.03. The van der Waals surface area contributed by atoms with E-state index in [1.54, 1.807) is 7.11 Å². The normalized spacial score (nSPS) is 43.7. The van der Waals surface area contributed by atoms with Crippen LogP contribution >= 0.6 is 0 Å². The van der Waals surface area contributed by atoms with Gasteiger partial charge in [0.05, 0.1) is 13.7 Å². The van der Waals surface area contributed by atoms with E-state index in [4.69, 9.17) is 4.74 Å².